The van der Waals surface area contributed by atoms with Crippen LogP contribution >= 0.6 is 0 Å². The molecular formula is C22H23FN4O2. The molecule has 7 heteroatoms. The first-order chi connectivity index (χ1) is 14.2. The number of halogens is 1. The summed E-state index contributed by atoms with van der Waals surface area (Å²) in [6.07, 6.45) is 1.31. The fraction of sp³-hybridized carbons (Fsp3) is 0.318. The minimum Gasteiger partial charge on any atom is -0.340 e. The summed E-state index contributed by atoms with van der Waals surface area (Å²) in [6, 6.07) is 16.1. The predicted octanol–water partition coefficient (Wildman–Crippen LogP) is 3.15. The third-order valence-corrected chi connectivity index (χ3v) is 5.12. The Hall–Kier alpha value is -3.06. The standard InChI is InChI=1S/C22H23FN4O2/c23-19-9-7-18(8-10-19)22-24-20(25-29-22)16-26-12-14-27(15-13-26)21(28)11-6-17-4-2-1-3-5-17/h1-5,7-10H,6,11-16H2. The summed E-state index contributed by atoms with van der Waals surface area (Å²) in [4.78, 5) is 21.0. The minimum absolute atomic E-state index is 0.201. The Morgan fingerprint density at radius 3 is 2.45 bits per heavy atom. The fourth-order valence-corrected chi connectivity index (χ4v) is 3.44. The van der Waals surface area contributed by atoms with Crippen molar-refractivity contribution in [3.63, 3.8) is 0 Å². The normalized spacial score (nSPS) is 14.9. The molecule has 0 aliphatic carbocycles. The Labute approximate surface area is 168 Å². The van der Waals surface area contributed by atoms with E-state index in [0.717, 1.165) is 19.5 Å². The van der Waals surface area contributed by atoms with Crippen molar-refractivity contribution in [2.24, 2.45) is 0 Å². The van der Waals surface area contributed by atoms with Gasteiger partial charge in [0.15, 0.2) is 5.82 Å². The van der Waals surface area contributed by atoms with Crippen LogP contribution in [0.2, 0.25) is 0 Å². The molecule has 0 spiro atoms. The van der Waals surface area contributed by atoms with Crippen LogP contribution in [0.5, 0.6) is 0 Å². The molecule has 1 aliphatic heterocycles. The first-order valence-electron chi connectivity index (χ1n) is 9.80. The number of hydrogen-bond acceptors (Lipinski definition) is 5. The summed E-state index contributed by atoms with van der Waals surface area (Å²) in [5.74, 6) is 0.874. The van der Waals surface area contributed by atoms with Crippen molar-refractivity contribution in [1.82, 2.24) is 19.9 Å². The second-order valence-electron chi connectivity index (χ2n) is 7.17. The summed E-state index contributed by atoms with van der Waals surface area (Å²) in [6.45, 7) is 3.53. The first-order valence-corrected chi connectivity index (χ1v) is 9.80. The summed E-state index contributed by atoms with van der Waals surface area (Å²) in [7, 11) is 0. The van der Waals surface area contributed by atoms with Crippen LogP contribution in [-0.4, -0.2) is 52.0 Å². The van der Waals surface area contributed by atoms with Gasteiger partial charge in [0.1, 0.15) is 5.82 Å². The maximum atomic E-state index is 13.0. The molecule has 6 nitrogen and oxygen atoms in total. The molecule has 0 N–H and O–H groups in total. The van der Waals surface area contributed by atoms with E-state index in [9.17, 15) is 9.18 Å². The quantitative estimate of drug-likeness (QED) is 0.643. The molecule has 0 atom stereocenters. The van der Waals surface area contributed by atoms with Crippen LogP contribution in [0.4, 0.5) is 4.39 Å². The van der Waals surface area contributed by atoms with Crippen molar-refractivity contribution < 1.29 is 13.7 Å². The lowest BCUT2D eigenvalue weighted by Gasteiger charge is -2.34. The zero-order valence-electron chi connectivity index (χ0n) is 16.1. The molecule has 2 aromatic carbocycles. The lowest BCUT2D eigenvalue weighted by Crippen LogP contribution is -2.48. The fourth-order valence-electron chi connectivity index (χ4n) is 3.44. The highest BCUT2D eigenvalue weighted by Gasteiger charge is 2.22. The maximum Gasteiger partial charge on any atom is 0.257 e. The summed E-state index contributed by atoms with van der Waals surface area (Å²) >= 11 is 0. The highest BCUT2D eigenvalue weighted by Crippen LogP contribution is 2.18. The average Bonchev–Trinajstić information content (AvgIpc) is 3.22. The number of aromatic nitrogens is 2. The van der Waals surface area contributed by atoms with Gasteiger partial charge >= 0.3 is 0 Å². The van der Waals surface area contributed by atoms with Gasteiger partial charge in [-0.05, 0) is 36.2 Å². The van der Waals surface area contributed by atoms with E-state index in [2.05, 4.69) is 27.2 Å². The van der Waals surface area contributed by atoms with Crippen molar-refractivity contribution in [2.75, 3.05) is 26.2 Å². The maximum absolute atomic E-state index is 13.0. The minimum atomic E-state index is -0.301. The van der Waals surface area contributed by atoms with Gasteiger partial charge < -0.3 is 9.42 Å². The molecule has 4 rings (SSSR count). The van der Waals surface area contributed by atoms with Crippen LogP contribution in [0.25, 0.3) is 11.5 Å². The molecule has 0 unspecified atom stereocenters. The van der Waals surface area contributed by atoms with Gasteiger partial charge in [-0.3, -0.25) is 9.69 Å². The number of nitrogens with zero attached hydrogens (tertiary/aromatic N) is 4. The van der Waals surface area contributed by atoms with Gasteiger partial charge in [-0.1, -0.05) is 35.5 Å². The summed E-state index contributed by atoms with van der Waals surface area (Å²) in [5.41, 5.74) is 1.88. The zero-order valence-corrected chi connectivity index (χ0v) is 16.1. The van der Waals surface area contributed by atoms with Gasteiger partial charge in [-0.2, -0.15) is 4.98 Å². The molecule has 2 heterocycles. The van der Waals surface area contributed by atoms with Crippen LogP contribution in [0, 0.1) is 5.82 Å². The molecule has 29 heavy (non-hydrogen) atoms. The van der Waals surface area contributed by atoms with E-state index in [4.69, 9.17) is 4.52 Å². The van der Waals surface area contributed by atoms with E-state index in [1.165, 1.54) is 17.7 Å². The summed E-state index contributed by atoms with van der Waals surface area (Å²) in [5, 5.41) is 4.02. The molecule has 1 amide bonds. The number of rotatable bonds is 6. The van der Waals surface area contributed by atoms with Gasteiger partial charge in [0, 0.05) is 38.2 Å². The topological polar surface area (TPSA) is 62.5 Å². The SMILES string of the molecule is O=C(CCc1ccccc1)N1CCN(Cc2noc(-c3ccc(F)cc3)n2)CC1. The molecule has 0 bridgehead atoms. The third-order valence-electron chi connectivity index (χ3n) is 5.12. The van der Waals surface area contributed by atoms with E-state index in [0.29, 0.717) is 43.3 Å². The van der Waals surface area contributed by atoms with Crippen molar-refractivity contribution in [2.45, 2.75) is 19.4 Å². The van der Waals surface area contributed by atoms with Crippen LogP contribution in [0.15, 0.2) is 59.1 Å². The predicted molar refractivity (Wildman–Crippen MR) is 106 cm³/mol. The Morgan fingerprint density at radius 1 is 1.00 bits per heavy atom. The molecule has 1 aromatic heterocycles. The zero-order chi connectivity index (χ0) is 20.1. The van der Waals surface area contributed by atoms with Crippen molar-refractivity contribution in [3.05, 3.63) is 71.8 Å². The van der Waals surface area contributed by atoms with E-state index in [1.54, 1.807) is 12.1 Å². The monoisotopic (exact) mass is 394 g/mol. The number of hydrogen-bond donors (Lipinski definition) is 0. The lowest BCUT2D eigenvalue weighted by atomic mass is 10.1. The van der Waals surface area contributed by atoms with Crippen LogP contribution in [-0.2, 0) is 17.8 Å². The lowest BCUT2D eigenvalue weighted by molar-refractivity contribution is -0.133. The van der Waals surface area contributed by atoms with Gasteiger partial charge in [-0.25, -0.2) is 4.39 Å². The molecule has 150 valence electrons. The number of piperazine rings is 1. The third kappa shape index (κ3) is 5.06. The van der Waals surface area contributed by atoms with Gasteiger partial charge in [-0.15, -0.1) is 0 Å². The molecule has 1 saturated heterocycles. The van der Waals surface area contributed by atoms with E-state index in [1.807, 2.05) is 23.1 Å². The number of carbonyl (C=O) groups is 1. The molecule has 1 fully saturated rings. The number of aryl methyl sites for hydroxylation is 1. The smallest absolute Gasteiger partial charge is 0.257 e. The Morgan fingerprint density at radius 2 is 1.72 bits per heavy atom. The molecular weight excluding hydrogens is 371 g/mol. The van der Waals surface area contributed by atoms with Crippen molar-refractivity contribution in [1.29, 1.82) is 0 Å². The summed E-state index contributed by atoms with van der Waals surface area (Å²) < 4.78 is 18.3. The van der Waals surface area contributed by atoms with Crippen LogP contribution in [0.3, 0.4) is 0 Å². The second-order valence-corrected chi connectivity index (χ2v) is 7.17. The Balaban J connectivity index is 1.25. The number of amides is 1. The van der Waals surface area contributed by atoms with Crippen molar-refractivity contribution in [3.8, 4) is 11.5 Å². The van der Waals surface area contributed by atoms with Gasteiger partial charge in [0.25, 0.3) is 5.89 Å². The first kappa shape index (κ1) is 19.3. The molecule has 0 radical (unpaired) electrons. The number of benzene rings is 2. The van der Waals surface area contributed by atoms with Crippen LogP contribution < -0.4 is 0 Å². The Bertz CT molecular complexity index is 935. The van der Waals surface area contributed by atoms with E-state index in [-0.39, 0.29) is 11.7 Å². The second kappa shape index (κ2) is 8.96. The highest BCUT2D eigenvalue weighted by molar-refractivity contribution is 5.76. The molecule has 0 saturated carbocycles. The van der Waals surface area contributed by atoms with E-state index < -0.39 is 0 Å². The highest BCUT2D eigenvalue weighted by atomic mass is 19.1. The Kier molecular flexibility index (Phi) is 5.95. The largest absolute Gasteiger partial charge is 0.340 e. The van der Waals surface area contributed by atoms with Gasteiger partial charge in [0.2, 0.25) is 5.91 Å². The van der Waals surface area contributed by atoms with Gasteiger partial charge in [0.05, 0.1) is 6.54 Å². The van der Waals surface area contributed by atoms with Crippen LogP contribution in [0.1, 0.15) is 17.8 Å². The molecule has 3 aromatic rings. The molecule has 1 aliphatic rings. The number of carbonyl (C=O) groups excluding carboxylic acids is 1. The van der Waals surface area contributed by atoms with Crippen molar-refractivity contribution >= 4 is 5.91 Å². The average molecular weight is 394 g/mol. The van der Waals surface area contributed by atoms with E-state index >= 15 is 0 Å².